The molecule has 0 fully saturated rings. The minimum absolute atomic E-state index is 0.207. The Hall–Kier alpha value is -3.79. The topological polar surface area (TPSA) is 58.9 Å². The molecule has 35 heavy (non-hydrogen) atoms. The molecule has 0 aliphatic rings. The van der Waals surface area contributed by atoms with E-state index in [-0.39, 0.29) is 5.75 Å². The van der Waals surface area contributed by atoms with Crippen molar-refractivity contribution in [1.82, 2.24) is 15.0 Å². The number of benzene rings is 3. The molecule has 0 aliphatic heterocycles. The Morgan fingerprint density at radius 2 is 1.23 bits per heavy atom. The van der Waals surface area contributed by atoms with Gasteiger partial charge in [0, 0.05) is 11.1 Å². The van der Waals surface area contributed by atoms with E-state index in [4.69, 9.17) is 15.0 Å². The van der Waals surface area contributed by atoms with E-state index in [9.17, 15) is 5.11 Å². The van der Waals surface area contributed by atoms with Crippen molar-refractivity contribution in [2.45, 2.75) is 55.4 Å². The minimum atomic E-state index is 0.207. The maximum atomic E-state index is 11.0. The van der Waals surface area contributed by atoms with Crippen LogP contribution in [0.25, 0.3) is 28.3 Å². The quantitative estimate of drug-likeness (QED) is 0.340. The lowest BCUT2D eigenvalue weighted by atomic mass is 9.96. The third-order valence-electron chi connectivity index (χ3n) is 7.09. The number of nitrogens with zero attached hydrogens (tertiary/aromatic N) is 3. The van der Waals surface area contributed by atoms with Crippen LogP contribution in [-0.4, -0.2) is 20.1 Å². The summed E-state index contributed by atoms with van der Waals surface area (Å²) >= 11 is 0. The van der Waals surface area contributed by atoms with E-state index in [1.54, 1.807) is 0 Å². The van der Waals surface area contributed by atoms with Crippen LogP contribution in [0.5, 0.6) is 5.75 Å². The van der Waals surface area contributed by atoms with E-state index in [1.807, 2.05) is 32.9 Å². The molecule has 0 atom stereocenters. The fourth-order valence-corrected chi connectivity index (χ4v) is 4.35. The van der Waals surface area contributed by atoms with Gasteiger partial charge in [-0.25, -0.2) is 15.0 Å². The van der Waals surface area contributed by atoms with Crippen LogP contribution < -0.4 is 0 Å². The molecule has 4 nitrogen and oxygen atoms in total. The van der Waals surface area contributed by atoms with Crippen LogP contribution in [-0.2, 0) is 0 Å². The van der Waals surface area contributed by atoms with Crippen LogP contribution in [0.3, 0.4) is 0 Å². The third kappa shape index (κ3) is 4.49. The van der Waals surface area contributed by atoms with Gasteiger partial charge in [-0.2, -0.15) is 0 Å². The summed E-state index contributed by atoms with van der Waals surface area (Å²) in [5.74, 6) is 1.87. The molecular formula is C31H33N3O. The first-order valence-electron chi connectivity index (χ1n) is 12.0. The summed E-state index contributed by atoms with van der Waals surface area (Å²) in [6.07, 6.45) is 2.05. The summed E-state index contributed by atoms with van der Waals surface area (Å²) < 4.78 is 0. The van der Waals surface area contributed by atoms with E-state index in [0.717, 1.165) is 39.0 Å². The summed E-state index contributed by atoms with van der Waals surface area (Å²) in [4.78, 5) is 14.8. The second-order valence-electron chi connectivity index (χ2n) is 9.41. The second-order valence-corrected chi connectivity index (χ2v) is 9.41. The van der Waals surface area contributed by atoms with E-state index in [1.165, 1.54) is 16.7 Å². The SMILES string of the molecule is C/C=C(/c1nc(-c2ccc(C)c(C)c2C)nc(-c2ccc(C)c(C)c2O)n1)c1cc(C)ccc1C. The number of rotatable bonds is 4. The molecule has 4 rings (SSSR count). The fraction of sp³-hybridized carbons (Fsp3) is 0.258. The molecule has 0 bridgehead atoms. The Bertz CT molecular complexity index is 1410. The number of phenols is 1. The van der Waals surface area contributed by atoms with Gasteiger partial charge < -0.3 is 5.11 Å². The average Bonchev–Trinajstić information content (AvgIpc) is 2.83. The molecule has 3 aromatic carbocycles. The molecule has 1 N–H and O–H groups in total. The molecule has 1 aromatic heterocycles. The lowest BCUT2D eigenvalue weighted by Gasteiger charge is -2.16. The smallest absolute Gasteiger partial charge is 0.167 e. The second kappa shape index (κ2) is 9.46. The lowest BCUT2D eigenvalue weighted by molar-refractivity contribution is 0.472. The molecule has 1 heterocycles. The fourth-order valence-electron chi connectivity index (χ4n) is 4.35. The number of aryl methyl sites for hydroxylation is 4. The van der Waals surface area contributed by atoms with E-state index < -0.39 is 0 Å². The van der Waals surface area contributed by atoms with E-state index in [2.05, 4.69) is 71.0 Å². The summed E-state index contributed by atoms with van der Waals surface area (Å²) in [6.45, 7) is 16.4. The molecule has 0 radical (unpaired) electrons. The van der Waals surface area contributed by atoms with Crippen molar-refractivity contribution in [2.75, 3.05) is 0 Å². The number of hydrogen-bond donors (Lipinski definition) is 1. The van der Waals surface area contributed by atoms with E-state index in [0.29, 0.717) is 23.0 Å². The highest BCUT2D eigenvalue weighted by Gasteiger charge is 2.20. The van der Waals surface area contributed by atoms with Gasteiger partial charge in [0.15, 0.2) is 17.5 Å². The van der Waals surface area contributed by atoms with Crippen molar-refractivity contribution in [1.29, 1.82) is 0 Å². The zero-order valence-electron chi connectivity index (χ0n) is 21.9. The summed E-state index contributed by atoms with van der Waals surface area (Å²) in [5, 5.41) is 11.0. The van der Waals surface area contributed by atoms with Crippen molar-refractivity contribution in [3.63, 3.8) is 0 Å². The summed E-state index contributed by atoms with van der Waals surface area (Å²) in [7, 11) is 0. The minimum Gasteiger partial charge on any atom is -0.507 e. The van der Waals surface area contributed by atoms with Crippen LogP contribution in [0.1, 0.15) is 57.3 Å². The average molecular weight is 464 g/mol. The van der Waals surface area contributed by atoms with Crippen LogP contribution in [0.2, 0.25) is 0 Å². The Balaban J connectivity index is 2.03. The number of hydrogen-bond acceptors (Lipinski definition) is 4. The molecule has 178 valence electrons. The van der Waals surface area contributed by atoms with Crippen LogP contribution in [0.4, 0.5) is 0 Å². The number of aromatic hydroxyl groups is 1. The Morgan fingerprint density at radius 1 is 0.657 bits per heavy atom. The van der Waals surface area contributed by atoms with Gasteiger partial charge in [0.25, 0.3) is 0 Å². The summed E-state index contributed by atoms with van der Waals surface area (Å²) in [6, 6.07) is 14.5. The van der Waals surface area contributed by atoms with Gasteiger partial charge in [0.1, 0.15) is 5.75 Å². The van der Waals surface area contributed by atoms with Crippen molar-refractivity contribution in [3.8, 4) is 28.5 Å². The highest BCUT2D eigenvalue weighted by atomic mass is 16.3. The number of aromatic nitrogens is 3. The molecule has 0 aliphatic carbocycles. The monoisotopic (exact) mass is 463 g/mol. The molecule has 0 saturated carbocycles. The Labute approximate surface area is 208 Å². The Kier molecular flexibility index (Phi) is 6.58. The maximum absolute atomic E-state index is 11.0. The molecular weight excluding hydrogens is 430 g/mol. The molecule has 0 spiro atoms. The van der Waals surface area contributed by atoms with E-state index >= 15 is 0 Å². The highest BCUT2D eigenvalue weighted by molar-refractivity contribution is 5.80. The zero-order valence-corrected chi connectivity index (χ0v) is 21.9. The first-order valence-corrected chi connectivity index (χ1v) is 12.0. The number of phenolic OH excluding ortho intramolecular Hbond substituents is 1. The van der Waals surface area contributed by atoms with Crippen molar-refractivity contribution in [2.24, 2.45) is 0 Å². The molecule has 4 aromatic rings. The normalized spacial score (nSPS) is 11.7. The zero-order chi connectivity index (χ0) is 25.4. The maximum Gasteiger partial charge on any atom is 0.167 e. The Morgan fingerprint density at radius 3 is 1.89 bits per heavy atom. The van der Waals surface area contributed by atoms with Gasteiger partial charge in [-0.05, 0) is 100 Å². The summed E-state index contributed by atoms with van der Waals surface area (Å²) in [5.41, 5.74) is 11.4. The first kappa shape index (κ1) is 24.3. The van der Waals surface area contributed by atoms with Gasteiger partial charge in [-0.1, -0.05) is 48.0 Å². The standard InChI is InChI=1S/C31H33N3O/c1-9-24(27-16-17(2)10-11-20(27)5)29-32-30(25-14-12-18(3)21(6)23(25)8)34-31(33-29)26-15-13-19(4)22(7)28(26)35/h9-16,35H,1-8H3/b24-9+. The predicted octanol–water partition coefficient (Wildman–Crippen LogP) is 7.52. The molecule has 0 unspecified atom stereocenters. The number of allylic oxidation sites excluding steroid dienone is 1. The van der Waals surface area contributed by atoms with Crippen molar-refractivity contribution in [3.05, 3.63) is 98.9 Å². The lowest BCUT2D eigenvalue weighted by Crippen LogP contribution is -2.06. The van der Waals surface area contributed by atoms with Gasteiger partial charge in [-0.3, -0.25) is 0 Å². The van der Waals surface area contributed by atoms with Crippen molar-refractivity contribution < 1.29 is 5.11 Å². The third-order valence-corrected chi connectivity index (χ3v) is 7.09. The molecule has 4 heteroatoms. The van der Waals surface area contributed by atoms with Crippen molar-refractivity contribution >= 4 is 5.57 Å². The van der Waals surface area contributed by atoms with Gasteiger partial charge in [0.05, 0.1) is 5.56 Å². The van der Waals surface area contributed by atoms with Crippen LogP contribution in [0.15, 0.2) is 48.5 Å². The largest absolute Gasteiger partial charge is 0.507 e. The predicted molar refractivity (Wildman–Crippen MR) is 145 cm³/mol. The van der Waals surface area contributed by atoms with Crippen LogP contribution >= 0.6 is 0 Å². The first-order chi connectivity index (χ1) is 16.6. The van der Waals surface area contributed by atoms with Gasteiger partial charge in [-0.15, -0.1) is 0 Å². The highest BCUT2D eigenvalue weighted by Crippen LogP contribution is 2.35. The molecule has 0 saturated heterocycles. The van der Waals surface area contributed by atoms with Crippen LogP contribution in [0, 0.1) is 48.5 Å². The van der Waals surface area contributed by atoms with Gasteiger partial charge >= 0.3 is 0 Å². The molecule has 0 amide bonds. The van der Waals surface area contributed by atoms with Gasteiger partial charge in [0.2, 0.25) is 0 Å².